The van der Waals surface area contributed by atoms with Crippen molar-refractivity contribution in [2.24, 2.45) is 0 Å². The van der Waals surface area contributed by atoms with E-state index in [-0.39, 0.29) is 0 Å². The van der Waals surface area contributed by atoms with Crippen molar-refractivity contribution in [1.82, 2.24) is 4.57 Å². The summed E-state index contributed by atoms with van der Waals surface area (Å²) in [7, 11) is 0. The molecule has 9 aromatic carbocycles. The van der Waals surface area contributed by atoms with Crippen molar-refractivity contribution in [1.29, 1.82) is 0 Å². The molecule has 0 aliphatic heterocycles. The number of nitrogens with zero attached hydrogens (tertiary/aromatic N) is 2. The zero-order valence-electron chi connectivity index (χ0n) is 31.3. The molecule has 3 heterocycles. The molecule has 4 heteroatoms. The van der Waals surface area contributed by atoms with Crippen LogP contribution in [0.4, 0.5) is 17.1 Å². The van der Waals surface area contributed by atoms with Gasteiger partial charge in [-0.15, -0.1) is 0 Å². The van der Waals surface area contributed by atoms with E-state index in [1.165, 1.54) is 38.5 Å². The smallest absolute Gasteiger partial charge is 0.137 e. The maximum Gasteiger partial charge on any atom is 0.137 e. The highest BCUT2D eigenvalue weighted by molar-refractivity contribution is 6.14. The summed E-state index contributed by atoms with van der Waals surface area (Å²) in [5.41, 5.74) is 14.9. The minimum Gasteiger partial charge on any atom is -0.456 e. The number of hydrogen-bond donors (Lipinski definition) is 0. The first-order valence-corrected chi connectivity index (χ1v) is 19.7. The van der Waals surface area contributed by atoms with E-state index in [1.807, 2.05) is 24.3 Å². The molecule has 0 N–H and O–H groups in total. The summed E-state index contributed by atoms with van der Waals surface area (Å²) in [5.74, 6) is 0. The Bertz CT molecular complexity index is 3500. The van der Waals surface area contributed by atoms with Crippen molar-refractivity contribution < 1.29 is 8.83 Å². The molecule has 0 spiro atoms. The third kappa shape index (κ3) is 5.09. The summed E-state index contributed by atoms with van der Waals surface area (Å²) in [5, 5.41) is 6.81. The largest absolute Gasteiger partial charge is 0.456 e. The number of furan rings is 2. The zero-order chi connectivity index (χ0) is 38.2. The molecule has 58 heavy (non-hydrogen) atoms. The zero-order valence-corrected chi connectivity index (χ0v) is 31.3. The number of hydrogen-bond acceptors (Lipinski definition) is 3. The molecule has 0 bridgehead atoms. The quantitative estimate of drug-likeness (QED) is 0.170. The van der Waals surface area contributed by atoms with Crippen LogP contribution < -0.4 is 4.90 Å². The fraction of sp³-hybridized carbons (Fsp3) is 0. The van der Waals surface area contributed by atoms with Gasteiger partial charge in [0, 0.05) is 44.0 Å². The van der Waals surface area contributed by atoms with Crippen LogP contribution >= 0.6 is 0 Å². The minimum atomic E-state index is 0.856. The van der Waals surface area contributed by atoms with E-state index in [4.69, 9.17) is 8.83 Å². The molecule has 0 saturated heterocycles. The summed E-state index contributed by atoms with van der Waals surface area (Å²) in [6.45, 7) is 0. The van der Waals surface area contributed by atoms with Gasteiger partial charge in [0.1, 0.15) is 22.3 Å². The van der Waals surface area contributed by atoms with Gasteiger partial charge in [-0.25, -0.2) is 0 Å². The fourth-order valence-corrected chi connectivity index (χ4v) is 8.89. The Labute approximate surface area is 334 Å². The van der Waals surface area contributed by atoms with Crippen molar-refractivity contribution in [3.05, 3.63) is 206 Å². The second kappa shape index (κ2) is 12.9. The second-order valence-electron chi connectivity index (χ2n) is 14.9. The Kier molecular flexibility index (Phi) is 7.20. The molecule has 0 fully saturated rings. The van der Waals surface area contributed by atoms with E-state index in [2.05, 4.69) is 191 Å². The van der Waals surface area contributed by atoms with E-state index >= 15 is 0 Å². The van der Waals surface area contributed by atoms with Crippen LogP contribution in [0.1, 0.15) is 0 Å². The van der Waals surface area contributed by atoms with Gasteiger partial charge in [-0.1, -0.05) is 121 Å². The second-order valence-corrected chi connectivity index (χ2v) is 14.9. The minimum absolute atomic E-state index is 0.856. The highest BCUT2D eigenvalue weighted by Gasteiger charge is 2.21. The van der Waals surface area contributed by atoms with E-state index in [0.29, 0.717) is 0 Å². The van der Waals surface area contributed by atoms with Crippen LogP contribution in [0.25, 0.3) is 93.6 Å². The van der Waals surface area contributed by atoms with Crippen molar-refractivity contribution >= 4 is 82.7 Å². The molecular formula is C54H34N2O2. The van der Waals surface area contributed by atoms with Gasteiger partial charge in [0.2, 0.25) is 0 Å². The average Bonchev–Trinajstić information content (AvgIpc) is 3.97. The van der Waals surface area contributed by atoms with Gasteiger partial charge in [0.05, 0.1) is 22.1 Å². The van der Waals surface area contributed by atoms with Crippen molar-refractivity contribution in [3.8, 4) is 27.9 Å². The van der Waals surface area contributed by atoms with Crippen LogP contribution in [0.15, 0.2) is 215 Å². The first kappa shape index (κ1) is 32.4. The van der Waals surface area contributed by atoms with Crippen LogP contribution in [0.2, 0.25) is 0 Å². The Hall–Kier alpha value is -7.82. The highest BCUT2D eigenvalue weighted by atomic mass is 16.3. The van der Waals surface area contributed by atoms with Gasteiger partial charge in [-0.05, 0) is 107 Å². The molecule has 0 radical (unpaired) electrons. The molecular weight excluding hydrogens is 709 g/mol. The molecule has 0 saturated carbocycles. The predicted octanol–water partition coefficient (Wildman–Crippen LogP) is 15.4. The van der Waals surface area contributed by atoms with E-state index in [9.17, 15) is 0 Å². The number of rotatable bonds is 6. The van der Waals surface area contributed by atoms with Crippen LogP contribution in [0.5, 0.6) is 0 Å². The Morgan fingerprint density at radius 2 is 0.897 bits per heavy atom. The van der Waals surface area contributed by atoms with Crippen molar-refractivity contribution in [2.75, 3.05) is 4.90 Å². The number of anilines is 3. The summed E-state index contributed by atoms with van der Waals surface area (Å²) in [6.07, 6.45) is 0. The van der Waals surface area contributed by atoms with Gasteiger partial charge in [-0.2, -0.15) is 0 Å². The summed E-state index contributed by atoms with van der Waals surface area (Å²) in [6, 6.07) is 73.3. The van der Waals surface area contributed by atoms with E-state index in [1.54, 1.807) is 0 Å². The van der Waals surface area contributed by atoms with E-state index in [0.717, 1.165) is 72.2 Å². The third-order valence-electron chi connectivity index (χ3n) is 11.6. The van der Waals surface area contributed by atoms with Crippen molar-refractivity contribution in [2.45, 2.75) is 0 Å². The molecule has 0 aliphatic carbocycles. The number of aromatic nitrogens is 1. The predicted molar refractivity (Wildman–Crippen MR) is 241 cm³/mol. The number of fused-ring (bicyclic) bond motifs is 9. The van der Waals surface area contributed by atoms with Gasteiger partial charge in [0.15, 0.2) is 0 Å². The summed E-state index contributed by atoms with van der Waals surface area (Å²) < 4.78 is 15.0. The molecule has 12 rings (SSSR count). The molecule has 0 amide bonds. The van der Waals surface area contributed by atoms with Crippen LogP contribution in [0, 0.1) is 0 Å². The van der Waals surface area contributed by atoms with Gasteiger partial charge >= 0.3 is 0 Å². The van der Waals surface area contributed by atoms with Gasteiger partial charge < -0.3 is 18.3 Å². The lowest BCUT2D eigenvalue weighted by atomic mass is 10.0. The molecule has 0 atom stereocenters. The molecule has 0 aliphatic rings. The Morgan fingerprint density at radius 1 is 0.328 bits per heavy atom. The average molecular weight is 743 g/mol. The van der Waals surface area contributed by atoms with Gasteiger partial charge in [-0.3, -0.25) is 0 Å². The van der Waals surface area contributed by atoms with E-state index < -0.39 is 0 Å². The lowest BCUT2D eigenvalue weighted by molar-refractivity contribution is 0.668. The van der Waals surface area contributed by atoms with Crippen LogP contribution in [0.3, 0.4) is 0 Å². The SMILES string of the molecule is c1ccc(-c2ccc(-n3c4ccccc4c4cc(-c5ccc(N(c6ccc7oc8ccccc8c7c6)c6cccc7oc8ccccc8c67)cc5)ccc43)cc2)cc1. The molecule has 4 nitrogen and oxygen atoms in total. The maximum atomic E-state index is 6.38. The molecule has 3 aromatic heterocycles. The lowest BCUT2D eigenvalue weighted by Crippen LogP contribution is -2.10. The molecule has 12 aromatic rings. The van der Waals surface area contributed by atoms with Crippen LogP contribution in [-0.2, 0) is 0 Å². The number of para-hydroxylation sites is 3. The standard InChI is InChI=1S/C54H34N2O2/c1-2-11-35(12-3-1)36-21-28-40(29-22-36)56-47-16-7-4-13-42(47)45-33-38(25-31-48(45)56)37-23-26-39(27-24-37)55(41-30-32-52-46(34-41)43-14-5-8-18-50(43)57-52)49-17-10-20-53-54(49)44-15-6-9-19-51(44)58-53/h1-34H. The first-order chi connectivity index (χ1) is 28.7. The topological polar surface area (TPSA) is 34.5 Å². The molecule has 272 valence electrons. The number of benzene rings is 9. The summed E-state index contributed by atoms with van der Waals surface area (Å²) >= 11 is 0. The van der Waals surface area contributed by atoms with Crippen molar-refractivity contribution in [3.63, 3.8) is 0 Å². The molecule has 0 unspecified atom stereocenters. The highest BCUT2D eigenvalue weighted by Crippen LogP contribution is 2.45. The Balaban J connectivity index is 0.980. The fourth-order valence-electron chi connectivity index (χ4n) is 8.89. The monoisotopic (exact) mass is 742 g/mol. The third-order valence-corrected chi connectivity index (χ3v) is 11.6. The van der Waals surface area contributed by atoms with Gasteiger partial charge in [0.25, 0.3) is 0 Å². The Morgan fingerprint density at radius 3 is 1.72 bits per heavy atom. The first-order valence-electron chi connectivity index (χ1n) is 19.7. The normalized spacial score (nSPS) is 11.8. The summed E-state index contributed by atoms with van der Waals surface area (Å²) in [4.78, 5) is 2.34. The van der Waals surface area contributed by atoms with Crippen LogP contribution in [-0.4, -0.2) is 4.57 Å². The maximum absolute atomic E-state index is 6.38. The lowest BCUT2D eigenvalue weighted by Gasteiger charge is -2.26.